The Labute approximate surface area is 112 Å². The molecule has 0 heterocycles. The number of sulfonamides is 1. The van der Waals surface area contributed by atoms with Gasteiger partial charge in [0.2, 0.25) is 10.0 Å². The van der Waals surface area contributed by atoms with Crippen LogP contribution in [0.4, 0.5) is 8.78 Å². The molecule has 0 spiro atoms. The first kappa shape index (κ1) is 16.0. The highest BCUT2D eigenvalue weighted by atomic mass is 32.2. The Morgan fingerprint density at radius 3 is 2.37 bits per heavy atom. The maximum absolute atomic E-state index is 13.0. The molecule has 0 aliphatic heterocycles. The van der Waals surface area contributed by atoms with Crippen LogP contribution in [0.25, 0.3) is 0 Å². The average molecular weight is 292 g/mol. The number of hydrogen-bond donors (Lipinski definition) is 2. The van der Waals surface area contributed by atoms with Crippen molar-refractivity contribution in [2.75, 3.05) is 13.1 Å². The molecule has 0 amide bonds. The molecule has 1 aromatic rings. The number of hydrogen-bond acceptors (Lipinski definition) is 3. The molecule has 0 fully saturated rings. The molecule has 1 rings (SSSR count). The lowest BCUT2D eigenvalue weighted by atomic mass is 10.2. The van der Waals surface area contributed by atoms with Crippen LogP contribution in [0.15, 0.2) is 23.1 Å². The summed E-state index contributed by atoms with van der Waals surface area (Å²) in [5, 5.41) is 0. The SMILES string of the molecule is NCCCCCCNS(=O)(=O)c1ccc(F)c(F)c1. The Balaban J connectivity index is 2.49. The molecule has 19 heavy (non-hydrogen) atoms. The van der Waals surface area contributed by atoms with Gasteiger partial charge in [-0.25, -0.2) is 21.9 Å². The van der Waals surface area contributed by atoms with Crippen LogP contribution in [0.2, 0.25) is 0 Å². The molecule has 0 aromatic heterocycles. The Kier molecular flexibility index (Phi) is 6.33. The Hall–Kier alpha value is -1.05. The molecule has 0 saturated carbocycles. The fourth-order valence-corrected chi connectivity index (χ4v) is 2.64. The van der Waals surface area contributed by atoms with E-state index in [1.807, 2.05) is 0 Å². The van der Waals surface area contributed by atoms with Gasteiger partial charge in [-0.3, -0.25) is 0 Å². The van der Waals surface area contributed by atoms with Gasteiger partial charge in [0.05, 0.1) is 4.90 Å². The number of nitrogens with two attached hydrogens (primary N) is 1. The number of unbranched alkanes of at least 4 members (excludes halogenated alkanes) is 3. The van der Waals surface area contributed by atoms with Crippen LogP contribution in [0, 0.1) is 11.6 Å². The molecule has 1 aromatic carbocycles. The molecule has 7 heteroatoms. The van der Waals surface area contributed by atoms with E-state index in [0.29, 0.717) is 19.0 Å². The van der Waals surface area contributed by atoms with E-state index in [2.05, 4.69) is 4.72 Å². The van der Waals surface area contributed by atoms with Crippen molar-refractivity contribution in [3.63, 3.8) is 0 Å². The van der Waals surface area contributed by atoms with Gasteiger partial charge in [-0.2, -0.15) is 0 Å². The fraction of sp³-hybridized carbons (Fsp3) is 0.500. The molecular weight excluding hydrogens is 274 g/mol. The summed E-state index contributed by atoms with van der Waals surface area (Å²) in [6.45, 7) is 0.895. The van der Waals surface area contributed by atoms with Crippen molar-refractivity contribution >= 4 is 10.0 Å². The number of nitrogens with one attached hydrogen (secondary N) is 1. The second kappa shape index (κ2) is 7.52. The molecule has 0 radical (unpaired) electrons. The summed E-state index contributed by atoms with van der Waals surface area (Å²) in [7, 11) is -3.77. The van der Waals surface area contributed by atoms with Crippen LogP contribution in [-0.4, -0.2) is 21.5 Å². The van der Waals surface area contributed by atoms with Crippen molar-refractivity contribution < 1.29 is 17.2 Å². The maximum Gasteiger partial charge on any atom is 0.240 e. The van der Waals surface area contributed by atoms with Gasteiger partial charge in [-0.15, -0.1) is 0 Å². The third kappa shape index (κ3) is 5.22. The van der Waals surface area contributed by atoms with E-state index in [4.69, 9.17) is 5.73 Å². The van der Waals surface area contributed by atoms with Crippen molar-refractivity contribution in [2.45, 2.75) is 30.6 Å². The fourth-order valence-electron chi connectivity index (χ4n) is 1.56. The average Bonchev–Trinajstić information content (AvgIpc) is 2.36. The summed E-state index contributed by atoms with van der Waals surface area (Å²) in [4.78, 5) is -0.270. The van der Waals surface area contributed by atoms with E-state index >= 15 is 0 Å². The van der Waals surface area contributed by atoms with E-state index in [1.54, 1.807) is 0 Å². The third-order valence-corrected chi connectivity index (χ3v) is 4.08. The van der Waals surface area contributed by atoms with Gasteiger partial charge in [0.25, 0.3) is 0 Å². The largest absolute Gasteiger partial charge is 0.330 e. The van der Waals surface area contributed by atoms with Gasteiger partial charge >= 0.3 is 0 Å². The molecule has 0 bridgehead atoms. The Morgan fingerprint density at radius 2 is 1.74 bits per heavy atom. The van der Waals surface area contributed by atoms with Gasteiger partial charge in [-0.05, 0) is 37.6 Å². The van der Waals surface area contributed by atoms with Gasteiger partial charge < -0.3 is 5.73 Å². The minimum Gasteiger partial charge on any atom is -0.330 e. The summed E-state index contributed by atoms with van der Waals surface area (Å²) < 4.78 is 51.5. The van der Waals surface area contributed by atoms with E-state index in [-0.39, 0.29) is 11.4 Å². The molecule has 0 atom stereocenters. The topological polar surface area (TPSA) is 72.2 Å². The molecule has 0 aliphatic rings. The van der Waals surface area contributed by atoms with Crippen LogP contribution in [0.1, 0.15) is 25.7 Å². The van der Waals surface area contributed by atoms with E-state index in [1.165, 1.54) is 0 Å². The zero-order valence-corrected chi connectivity index (χ0v) is 11.3. The normalized spacial score (nSPS) is 11.7. The summed E-state index contributed by atoms with van der Waals surface area (Å²) in [6.07, 6.45) is 3.42. The van der Waals surface area contributed by atoms with E-state index in [0.717, 1.165) is 31.4 Å². The van der Waals surface area contributed by atoms with Crippen molar-refractivity contribution in [2.24, 2.45) is 5.73 Å². The quantitative estimate of drug-likeness (QED) is 0.717. The molecule has 4 nitrogen and oxygen atoms in total. The number of benzene rings is 1. The minimum atomic E-state index is -3.77. The monoisotopic (exact) mass is 292 g/mol. The van der Waals surface area contributed by atoms with Crippen molar-refractivity contribution in [1.82, 2.24) is 4.72 Å². The molecule has 3 N–H and O–H groups in total. The van der Waals surface area contributed by atoms with E-state index < -0.39 is 21.7 Å². The highest BCUT2D eigenvalue weighted by Crippen LogP contribution is 2.13. The zero-order chi connectivity index (χ0) is 14.3. The van der Waals surface area contributed by atoms with E-state index in [9.17, 15) is 17.2 Å². The molecule has 108 valence electrons. The van der Waals surface area contributed by atoms with Crippen LogP contribution in [-0.2, 0) is 10.0 Å². The van der Waals surface area contributed by atoms with Gasteiger partial charge in [0.15, 0.2) is 11.6 Å². The van der Waals surface area contributed by atoms with Crippen LogP contribution in [0.3, 0.4) is 0 Å². The smallest absolute Gasteiger partial charge is 0.240 e. The van der Waals surface area contributed by atoms with Gasteiger partial charge in [-0.1, -0.05) is 12.8 Å². The lowest BCUT2D eigenvalue weighted by Gasteiger charge is -2.07. The summed E-state index contributed by atoms with van der Waals surface area (Å²) in [5.41, 5.74) is 5.34. The predicted molar refractivity (Wildman–Crippen MR) is 69.1 cm³/mol. The van der Waals surface area contributed by atoms with Crippen LogP contribution >= 0.6 is 0 Å². The molecule has 0 aliphatic carbocycles. The highest BCUT2D eigenvalue weighted by Gasteiger charge is 2.15. The second-order valence-corrected chi connectivity index (χ2v) is 5.94. The minimum absolute atomic E-state index is 0.270. The number of halogens is 2. The first-order valence-electron chi connectivity index (χ1n) is 6.12. The standard InChI is InChI=1S/C12H18F2N2O2S/c13-11-6-5-10(9-12(11)14)19(17,18)16-8-4-2-1-3-7-15/h5-6,9,16H,1-4,7-8,15H2. The second-order valence-electron chi connectivity index (χ2n) is 4.18. The Morgan fingerprint density at radius 1 is 1.05 bits per heavy atom. The van der Waals surface area contributed by atoms with Gasteiger partial charge in [0, 0.05) is 6.54 Å². The first-order chi connectivity index (χ1) is 8.97. The summed E-state index contributed by atoms with van der Waals surface area (Å²) in [5.74, 6) is -2.24. The van der Waals surface area contributed by atoms with Crippen LogP contribution < -0.4 is 10.5 Å². The number of rotatable bonds is 8. The predicted octanol–water partition coefficient (Wildman–Crippen LogP) is 1.76. The van der Waals surface area contributed by atoms with Crippen molar-refractivity contribution in [3.05, 3.63) is 29.8 Å². The molecular formula is C12H18F2N2O2S. The third-order valence-electron chi connectivity index (χ3n) is 2.62. The summed E-state index contributed by atoms with van der Waals surface area (Å²) in [6, 6.07) is 2.51. The highest BCUT2D eigenvalue weighted by molar-refractivity contribution is 7.89. The molecule has 0 saturated heterocycles. The lowest BCUT2D eigenvalue weighted by molar-refractivity contribution is 0.504. The lowest BCUT2D eigenvalue weighted by Crippen LogP contribution is -2.25. The van der Waals surface area contributed by atoms with Crippen molar-refractivity contribution in [3.8, 4) is 0 Å². The van der Waals surface area contributed by atoms with Crippen molar-refractivity contribution in [1.29, 1.82) is 0 Å². The maximum atomic E-state index is 13.0. The molecule has 0 unspecified atom stereocenters. The Bertz CT molecular complexity index is 506. The van der Waals surface area contributed by atoms with Crippen LogP contribution in [0.5, 0.6) is 0 Å². The zero-order valence-electron chi connectivity index (χ0n) is 10.5. The summed E-state index contributed by atoms with van der Waals surface area (Å²) >= 11 is 0. The van der Waals surface area contributed by atoms with Gasteiger partial charge in [0.1, 0.15) is 0 Å². The first-order valence-corrected chi connectivity index (χ1v) is 7.60.